The molecule has 1 N–H and O–H groups in total. The zero-order valence-electron chi connectivity index (χ0n) is 12.8. The van der Waals surface area contributed by atoms with Gasteiger partial charge in [0.05, 0.1) is 36.6 Å². The third-order valence-corrected chi connectivity index (χ3v) is 4.00. The van der Waals surface area contributed by atoms with Crippen molar-refractivity contribution in [3.05, 3.63) is 47.2 Å². The Labute approximate surface area is 143 Å². The number of hydrogen-bond acceptors (Lipinski definition) is 4. The summed E-state index contributed by atoms with van der Waals surface area (Å²) in [5.41, 5.74) is 1.24. The average Bonchev–Trinajstić information content (AvgIpc) is 3.04. The second kappa shape index (κ2) is 7.02. The van der Waals surface area contributed by atoms with Crippen LogP contribution in [0, 0.1) is 0 Å². The number of aliphatic carboxylic acids is 1. The number of ether oxygens (including phenoxy) is 1. The predicted molar refractivity (Wildman–Crippen MR) is 86.5 cm³/mol. The van der Waals surface area contributed by atoms with Gasteiger partial charge in [-0.3, -0.25) is 9.59 Å². The molecule has 1 aliphatic heterocycles. The van der Waals surface area contributed by atoms with E-state index >= 15 is 0 Å². The van der Waals surface area contributed by atoms with E-state index in [1.54, 1.807) is 40.0 Å². The van der Waals surface area contributed by atoms with Crippen LogP contribution in [0.3, 0.4) is 0 Å². The first-order valence-electron chi connectivity index (χ1n) is 7.46. The van der Waals surface area contributed by atoms with Crippen molar-refractivity contribution < 1.29 is 19.4 Å². The largest absolute Gasteiger partial charge is 0.481 e. The molecule has 0 spiro atoms. The molecule has 2 heterocycles. The molecule has 8 heteroatoms. The Hall–Kier alpha value is -2.38. The SMILES string of the molecule is O=C(O)C[C@@H]1CN(C(=O)c2cnn(-c3ccc(Cl)cc3)c2)CCO1. The quantitative estimate of drug-likeness (QED) is 0.910. The third kappa shape index (κ3) is 3.74. The fraction of sp³-hybridized carbons (Fsp3) is 0.312. The molecule has 1 aromatic heterocycles. The highest BCUT2D eigenvalue weighted by atomic mass is 35.5. The standard InChI is InChI=1S/C16H16ClN3O4/c17-12-1-3-13(4-2-12)20-9-11(8-18-20)16(23)19-5-6-24-14(10-19)7-15(21)22/h1-4,8-9,14H,5-7,10H2,(H,21,22)/t14-/m1/s1. The van der Waals surface area contributed by atoms with Crippen molar-refractivity contribution in [1.82, 2.24) is 14.7 Å². The number of carbonyl (C=O) groups excluding carboxylic acids is 1. The Morgan fingerprint density at radius 3 is 2.79 bits per heavy atom. The van der Waals surface area contributed by atoms with E-state index in [0.717, 1.165) is 5.69 Å². The van der Waals surface area contributed by atoms with Crippen LogP contribution in [0.2, 0.25) is 5.02 Å². The van der Waals surface area contributed by atoms with Crippen LogP contribution < -0.4 is 0 Å². The maximum absolute atomic E-state index is 12.6. The molecule has 1 aromatic carbocycles. The zero-order valence-corrected chi connectivity index (χ0v) is 13.5. The van der Waals surface area contributed by atoms with Crippen LogP contribution in [-0.4, -0.2) is 57.5 Å². The monoisotopic (exact) mass is 349 g/mol. The van der Waals surface area contributed by atoms with E-state index < -0.39 is 12.1 Å². The van der Waals surface area contributed by atoms with Crippen LogP contribution in [0.4, 0.5) is 0 Å². The molecular weight excluding hydrogens is 334 g/mol. The molecular formula is C16H16ClN3O4. The molecule has 0 bridgehead atoms. The minimum atomic E-state index is -0.940. The molecule has 126 valence electrons. The number of rotatable bonds is 4. The van der Waals surface area contributed by atoms with Gasteiger partial charge in [-0.1, -0.05) is 11.6 Å². The molecule has 24 heavy (non-hydrogen) atoms. The minimum Gasteiger partial charge on any atom is -0.481 e. The predicted octanol–water partition coefficient (Wildman–Crippen LogP) is 1.84. The van der Waals surface area contributed by atoms with Gasteiger partial charge in [-0.05, 0) is 24.3 Å². The van der Waals surface area contributed by atoms with Crippen LogP contribution >= 0.6 is 11.6 Å². The molecule has 1 atom stereocenters. The minimum absolute atomic E-state index is 0.117. The normalized spacial score (nSPS) is 17.7. The van der Waals surface area contributed by atoms with Gasteiger partial charge in [-0.15, -0.1) is 0 Å². The van der Waals surface area contributed by atoms with E-state index in [0.29, 0.717) is 23.7 Å². The molecule has 1 aliphatic rings. The first-order valence-corrected chi connectivity index (χ1v) is 7.84. The summed E-state index contributed by atoms with van der Waals surface area (Å²) in [7, 11) is 0. The molecule has 3 rings (SSSR count). The van der Waals surface area contributed by atoms with E-state index in [9.17, 15) is 9.59 Å². The summed E-state index contributed by atoms with van der Waals surface area (Å²) >= 11 is 5.86. The molecule has 0 aliphatic carbocycles. The first kappa shape index (κ1) is 16.5. The number of carboxylic acids is 1. The fourth-order valence-electron chi connectivity index (χ4n) is 2.57. The van der Waals surface area contributed by atoms with Crippen molar-refractivity contribution in [1.29, 1.82) is 0 Å². The van der Waals surface area contributed by atoms with Crippen molar-refractivity contribution in [2.75, 3.05) is 19.7 Å². The van der Waals surface area contributed by atoms with Crippen LogP contribution in [0.1, 0.15) is 16.8 Å². The fourth-order valence-corrected chi connectivity index (χ4v) is 2.70. The lowest BCUT2D eigenvalue weighted by Gasteiger charge is -2.32. The molecule has 7 nitrogen and oxygen atoms in total. The smallest absolute Gasteiger partial charge is 0.306 e. The maximum Gasteiger partial charge on any atom is 0.306 e. The number of aromatic nitrogens is 2. The molecule has 1 fully saturated rings. The second-order valence-corrected chi connectivity index (χ2v) is 5.93. The van der Waals surface area contributed by atoms with E-state index in [1.807, 2.05) is 0 Å². The van der Waals surface area contributed by atoms with Crippen LogP contribution in [-0.2, 0) is 9.53 Å². The van der Waals surface area contributed by atoms with Gasteiger partial charge < -0.3 is 14.7 Å². The van der Waals surface area contributed by atoms with Crippen LogP contribution in [0.5, 0.6) is 0 Å². The molecule has 0 saturated carbocycles. The molecule has 2 aromatic rings. The number of morpholine rings is 1. The number of hydrogen-bond donors (Lipinski definition) is 1. The highest BCUT2D eigenvalue weighted by molar-refractivity contribution is 6.30. The van der Waals surface area contributed by atoms with Gasteiger partial charge in [0.25, 0.3) is 5.91 Å². The summed E-state index contributed by atoms with van der Waals surface area (Å²) in [6.07, 6.45) is 2.55. The van der Waals surface area contributed by atoms with Crippen molar-refractivity contribution in [3.8, 4) is 5.69 Å². The van der Waals surface area contributed by atoms with Gasteiger partial charge in [0.2, 0.25) is 0 Å². The highest BCUT2D eigenvalue weighted by Crippen LogP contribution is 2.16. The summed E-state index contributed by atoms with van der Waals surface area (Å²) in [6, 6.07) is 7.11. The van der Waals surface area contributed by atoms with E-state index in [2.05, 4.69) is 5.10 Å². The summed E-state index contributed by atoms with van der Waals surface area (Å²) in [6.45, 7) is 1.02. The Bertz CT molecular complexity index is 744. The van der Waals surface area contributed by atoms with Crippen molar-refractivity contribution >= 4 is 23.5 Å². The van der Waals surface area contributed by atoms with Gasteiger partial charge in [-0.25, -0.2) is 4.68 Å². The Morgan fingerprint density at radius 2 is 2.08 bits per heavy atom. The molecule has 1 saturated heterocycles. The Balaban J connectivity index is 1.71. The lowest BCUT2D eigenvalue weighted by Crippen LogP contribution is -2.46. The third-order valence-electron chi connectivity index (χ3n) is 3.75. The lowest BCUT2D eigenvalue weighted by atomic mass is 10.2. The van der Waals surface area contributed by atoms with Crippen LogP contribution in [0.15, 0.2) is 36.7 Å². The topological polar surface area (TPSA) is 84.7 Å². The second-order valence-electron chi connectivity index (χ2n) is 5.49. The zero-order chi connectivity index (χ0) is 17.1. The van der Waals surface area contributed by atoms with Gasteiger partial charge >= 0.3 is 5.97 Å². The first-order chi connectivity index (χ1) is 11.5. The maximum atomic E-state index is 12.6. The van der Waals surface area contributed by atoms with Crippen LogP contribution in [0.25, 0.3) is 5.69 Å². The lowest BCUT2D eigenvalue weighted by molar-refractivity contribution is -0.141. The molecule has 0 unspecified atom stereocenters. The molecule has 0 radical (unpaired) electrons. The Kier molecular flexibility index (Phi) is 4.82. The van der Waals surface area contributed by atoms with E-state index in [4.69, 9.17) is 21.4 Å². The average molecular weight is 350 g/mol. The van der Waals surface area contributed by atoms with Crippen molar-refractivity contribution in [3.63, 3.8) is 0 Å². The summed E-state index contributed by atoms with van der Waals surface area (Å²) in [4.78, 5) is 25.0. The van der Waals surface area contributed by atoms with Gasteiger partial charge in [0.15, 0.2) is 0 Å². The number of nitrogens with zero attached hydrogens (tertiary/aromatic N) is 3. The van der Waals surface area contributed by atoms with Crippen molar-refractivity contribution in [2.24, 2.45) is 0 Å². The number of benzene rings is 1. The van der Waals surface area contributed by atoms with E-state index in [1.165, 1.54) is 6.20 Å². The number of halogens is 1. The summed E-state index contributed by atoms with van der Waals surface area (Å²) in [5.74, 6) is -1.13. The summed E-state index contributed by atoms with van der Waals surface area (Å²) < 4.78 is 6.98. The number of amides is 1. The number of carbonyl (C=O) groups is 2. The highest BCUT2D eigenvalue weighted by Gasteiger charge is 2.27. The van der Waals surface area contributed by atoms with Gasteiger partial charge in [-0.2, -0.15) is 5.10 Å². The van der Waals surface area contributed by atoms with Gasteiger partial charge in [0.1, 0.15) is 0 Å². The van der Waals surface area contributed by atoms with Crippen molar-refractivity contribution in [2.45, 2.75) is 12.5 Å². The van der Waals surface area contributed by atoms with E-state index in [-0.39, 0.29) is 18.9 Å². The van der Waals surface area contributed by atoms with Gasteiger partial charge in [0, 0.05) is 24.3 Å². The molecule has 1 amide bonds. The summed E-state index contributed by atoms with van der Waals surface area (Å²) in [5, 5.41) is 13.7. The Morgan fingerprint density at radius 1 is 1.33 bits per heavy atom. The number of carboxylic acid groups (broad SMARTS) is 1.